The third-order valence-electron chi connectivity index (χ3n) is 10.5. The van der Waals surface area contributed by atoms with Gasteiger partial charge in [-0.25, -0.2) is 4.79 Å². The molecule has 5 nitrogen and oxygen atoms in total. The maximum absolute atomic E-state index is 13.1. The van der Waals surface area contributed by atoms with Crippen LogP contribution in [0.5, 0.6) is 0 Å². The number of fused-ring (bicyclic) bond motifs is 5. The topological polar surface area (TPSA) is 61.4 Å². The minimum Gasteiger partial charge on any atom is -0.378 e. The Morgan fingerprint density at radius 1 is 0.825 bits per heavy atom. The summed E-state index contributed by atoms with van der Waals surface area (Å²) in [6, 6.07) is 29.2. The number of urea groups is 1. The van der Waals surface area contributed by atoms with Crippen LogP contribution in [0.4, 0.5) is 4.79 Å². The van der Waals surface area contributed by atoms with E-state index in [0.29, 0.717) is 12.1 Å². The zero-order valence-electron chi connectivity index (χ0n) is 23.9. The number of benzene rings is 3. The van der Waals surface area contributed by atoms with E-state index in [4.69, 9.17) is 0 Å². The molecule has 1 aliphatic carbocycles. The highest BCUT2D eigenvalue weighted by atomic mass is 16.3. The number of nitrogens with one attached hydrogen (secondary N) is 2. The molecule has 1 saturated carbocycles. The summed E-state index contributed by atoms with van der Waals surface area (Å²) >= 11 is 0. The van der Waals surface area contributed by atoms with Gasteiger partial charge in [-0.3, -0.25) is 0 Å². The number of amides is 2. The van der Waals surface area contributed by atoms with Crippen molar-refractivity contribution in [3.63, 3.8) is 0 Å². The third-order valence-corrected chi connectivity index (χ3v) is 10.5. The Hall–Kier alpha value is -3.15. The van der Waals surface area contributed by atoms with Crippen molar-refractivity contribution in [1.82, 2.24) is 10.6 Å². The number of carbonyl (C=O) groups is 1. The second-order valence-corrected chi connectivity index (χ2v) is 12.7. The van der Waals surface area contributed by atoms with Crippen molar-refractivity contribution in [2.24, 2.45) is 5.92 Å². The van der Waals surface area contributed by atoms with E-state index >= 15 is 0 Å². The normalized spacial score (nSPS) is 28.1. The lowest BCUT2D eigenvalue weighted by Gasteiger charge is -2.38. The van der Waals surface area contributed by atoms with E-state index in [2.05, 4.69) is 41.9 Å². The summed E-state index contributed by atoms with van der Waals surface area (Å²) in [7, 11) is 2.49. The van der Waals surface area contributed by atoms with E-state index < -0.39 is 11.6 Å². The first-order chi connectivity index (χ1) is 19.4. The van der Waals surface area contributed by atoms with Crippen LogP contribution in [0.3, 0.4) is 0 Å². The van der Waals surface area contributed by atoms with Crippen LogP contribution in [-0.4, -0.2) is 41.3 Å². The first-order valence-corrected chi connectivity index (χ1v) is 15.2. The monoisotopic (exact) mass is 538 g/mol. The average Bonchev–Trinajstić information content (AvgIpc) is 3.45. The standard InChI is InChI=1S/C35H43N3O2/c1-25(35(40,27-11-5-3-6-12-27)28-13-7-4-8-14-28)36-34(39)37-29-19-17-26(18-20-29)23-24-38(2)32-21-22-33(38)31-16-10-9-15-30(31)32/h3-16,25-26,29,32-33,40H,17-24H2,1-2H3,(H-,36,37,39)/p+1/t25-,26-,29-,32-,33+,38?/m0/s1. The minimum absolute atomic E-state index is 0.182. The summed E-state index contributed by atoms with van der Waals surface area (Å²) in [6.45, 7) is 3.13. The zero-order valence-corrected chi connectivity index (χ0v) is 23.9. The third kappa shape index (κ3) is 4.84. The zero-order chi connectivity index (χ0) is 27.7. The first-order valence-electron chi connectivity index (χ1n) is 15.2. The predicted molar refractivity (Wildman–Crippen MR) is 160 cm³/mol. The molecule has 210 valence electrons. The van der Waals surface area contributed by atoms with Gasteiger partial charge in [0.15, 0.2) is 0 Å². The van der Waals surface area contributed by atoms with E-state index in [0.717, 1.165) is 29.9 Å². The van der Waals surface area contributed by atoms with Gasteiger partial charge < -0.3 is 20.2 Å². The van der Waals surface area contributed by atoms with Gasteiger partial charge in [0.05, 0.1) is 19.6 Å². The van der Waals surface area contributed by atoms with Crippen molar-refractivity contribution >= 4 is 6.03 Å². The van der Waals surface area contributed by atoms with Gasteiger partial charge in [0.2, 0.25) is 0 Å². The van der Waals surface area contributed by atoms with Crippen molar-refractivity contribution in [3.8, 4) is 0 Å². The summed E-state index contributed by atoms with van der Waals surface area (Å²) in [5.41, 5.74) is 3.40. The van der Waals surface area contributed by atoms with Gasteiger partial charge in [-0.05, 0) is 56.1 Å². The minimum atomic E-state index is -1.33. The molecule has 6 rings (SSSR count). The SMILES string of the molecule is C[C@H](NC(=O)N[C@H]1CC[C@H](CC[N+]2(C)[C@@H]3CC[C@H]2c2ccccc23)CC1)C(O)(c1ccccc1)c1ccccc1. The van der Waals surface area contributed by atoms with Gasteiger partial charge in [-0.15, -0.1) is 0 Å². The molecule has 2 bridgehead atoms. The lowest BCUT2D eigenvalue weighted by molar-refractivity contribution is -0.948. The maximum atomic E-state index is 13.1. The van der Waals surface area contributed by atoms with Crippen LogP contribution in [0.1, 0.15) is 86.2 Å². The van der Waals surface area contributed by atoms with Crippen LogP contribution >= 0.6 is 0 Å². The molecule has 2 fully saturated rings. The Morgan fingerprint density at radius 3 is 1.85 bits per heavy atom. The molecule has 0 aromatic heterocycles. The highest BCUT2D eigenvalue weighted by Crippen LogP contribution is 2.57. The van der Waals surface area contributed by atoms with Gasteiger partial charge in [0, 0.05) is 30.0 Å². The number of nitrogens with zero attached hydrogens (tertiary/aromatic N) is 1. The second-order valence-electron chi connectivity index (χ2n) is 12.7. The summed E-state index contributed by atoms with van der Waals surface area (Å²) in [4.78, 5) is 13.1. The highest BCUT2D eigenvalue weighted by molar-refractivity contribution is 5.75. The molecule has 3 aromatic rings. The number of hydrogen-bond donors (Lipinski definition) is 3. The van der Waals surface area contributed by atoms with Crippen LogP contribution in [0.15, 0.2) is 84.9 Å². The van der Waals surface area contributed by atoms with Gasteiger partial charge in [0.25, 0.3) is 0 Å². The number of hydrogen-bond acceptors (Lipinski definition) is 2. The fourth-order valence-corrected chi connectivity index (χ4v) is 8.13. The molecule has 3 aromatic carbocycles. The largest absolute Gasteiger partial charge is 0.378 e. The Balaban J connectivity index is 1.01. The summed E-state index contributed by atoms with van der Waals surface area (Å²) in [5.74, 6) is 0.736. The summed E-state index contributed by atoms with van der Waals surface area (Å²) in [6.07, 6.45) is 8.30. The van der Waals surface area contributed by atoms with E-state index in [9.17, 15) is 9.90 Å². The smallest absolute Gasteiger partial charge is 0.315 e. The molecule has 2 aliphatic heterocycles. The molecule has 0 spiro atoms. The Bertz CT molecular complexity index is 1230. The van der Waals surface area contributed by atoms with Gasteiger partial charge >= 0.3 is 6.03 Å². The van der Waals surface area contributed by atoms with Crippen LogP contribution < -0.4 is 10.6 Å². The number of quaternary nitrogens is 1. The second kappa shape index (κ2) is 11.0. The molecule has 2 heterocycles. The molecular formula is C35H44N3O2+. The van der Waals surface area contributed by atoms with Crippen LogP contribution in [-0.2, 0) is 5.60 Å². The lowest BCUT2D eigenvalue weighted by Crippen LogP contribution is -2.54. The van der Waals surface area contributed by atoms with Crippen LogP contribution in [0.2, 0.25) is 0 Å². The fourth-order valence-electron chi connectivity index (χ4n) is 8.13. The molecule has 40 heavy (non-hydrogen) atoms. The van der Waals surface area contributed by atoms with Crippen LogP contribution in [0, 0.1) is 5.92 Å². The lowest BCUT2D eigenvalue weighted by atomic mass is 9.81. The Morgan fingerprint density at radius 2 is 1.32 bits per heavy atom. The average molecular weight is 539 g/mol. The quantitative estimate of drug-likeness (QED) is 0.283. The van der Waals surface area contributed by atoms with Gasteiger partial charge in [-0.1, -0.05) is 84.9 Å². The molecular weight excluding hydrogens is 494 g/mol. The molecule has 1 saturated heterocycles. The molecule has 4 atom stereocenters. The van der Waals surface area contributed by atoms with E-state index in [1.165, 1.54) is 43.1 Å². The molecule has 5 heteroatoms. The van der Waals surface area contributed by atoms with Crippen molar-refractivity contribution in [2.75, 3.05) is 13.6 Å². The van der Waals surface area contributed by atoms with Crippen molar-refractivity contribution < 1.29 is 14.4 Å². The number of rotatable bonds is 8. The Kier molecular flexibility index (Phi) is 7.45. The van der Waals surface area contributed by atoms with E-state index in [-0.39, 0.29) is 12.1 Å². The molecule has 1 unspecified atom stereocenters. The van der Waals surface area contributed by atoms with Gasteiger partial charge in [0.1, 0.15) is 17.7 Å². The van der Waals surface area contributed by atoms with E-state index in [1.54, 1.807) is 11.1 Å². The summed E-state index contributed by atoms with van der Waals surface area (Å²) in [5, 5.41) is 18.2. The molecule has 0 radical (unpaired) electrons. The fraction of sp³-hybridized carbons (Fsp3) is 0.457. The van der Waals surface area contributed by atoms with Gasteiger partial charge in [-0.2, -0.15) is 0 Å². The molecule has 3 aliphatic rings. The van der Waals surface area contributed by atoms with Crippen molar-refractivity contribution in [1.29, 1.82) is 0 Å². The van der Waals surface area contributed by atoms with Crippen molar-refractivity contribution in [3.05, 3.63) is 107 Å². The van der Waals surface area contributed by atoms with E-state index in [1.807, 2.05) is 67.6 Å². The number of aliphatic hydroxyl groups is 1. The maximum Gasteiger partial charge on any atom is 0.315 e. The van der Waals surface area contributed by atoms with Crippen molar-refractivity contribution in [2.45, 2.75) is 81.6 Å². The molecule has 3 N–H and O–H groups in total. The first kappa shape index (κ1) is 27.0. The van der Waals surface area contributed by atoms with Crippen LogP contribution in [0.25, 0.3) is 0 Å². The summed E-state index contributed by atoms with van der Waals surface area (Å²) < 4.78 is 1.20. The number of carbonyl (C=O) groups excluding carboxylic acids is 1. The predicted octanol–water partition coefficient (Wildman–Crippen LogP) is 6.60. The molecule has 2 amide bonds. The Labute approximate surface area is 239 Å². The highest BCUT2D eigenvalue weighted by Gasteiger charge is 2.54.